The number of carbonyl (C=O) groups is 2. The van der Waals surface area contributed by atoms with Crippen molar-refractivity contribution in [2.75, 3.05) is 46.3 Å². The van der Waals surface area contributed by atoms with Gasteiger partial charge in [-0.25, -0.2) is 4.79 Å². The minimum absolute atomic E-state index is 0.0127. The fourth-order valence-electron chi connectivity index (χ4n) is 3.08. The first-order valence-corrected chi connectivity index (χ1v) is 7.98. The van der Waals surface area contributed by atoms with E-state index < -0.39 is 0 Å². The van der Waals surface area contributed by atoms with Crippen molar-refractivity contribution in [3.63, 3.8) is 0 Å². The number of likely N-dealkylation sites (N-methyl/N-ethyl adjacent to an activating group) is 1. The fourth-order valence-corrected chi connectivity index (χ4v) is 3.08. The van der Waals surface area contributed by atoms with Crippen molar-refractivity contribution in [3.05, 3.63) is 0 Å². The molecule has 1 N–H and O–H groups in total. The molecule has 120 valence electrons. The molecule has 2 rings (SSSR count). The van der Waals surface area contributed by atoms with Crippen molar-refractivity contribution in [3.8, 4) is 0 Å². The summed E-state index contributed by atoms with van der Waals surface area (Å²) >= 11 is 0. The third-order valence-electron chi connectivity index (χ3n) is 4.33. The maximum Gasteiger partial charge on any atom is 0.317 e. The van der Waals surface area contributed by atoms with Crippen LogP contribution in [0.3, 0.4) is 0 Å². The lowest BCUT2D eigenvalue weighted by atomic mass is 10.1. The van der Waals surface area contributed by atoms with Crippen LogP contribution in [0.2, 0.25) is 0 Å². The van der Waals surface area contributed by atoms with Crippen molar-refractivity contribution < 1.29 is 9.59 Å². The van der Waals surface area contributed by atoms with Crippen molar-refractivity contribution in [1.82, 2.24) is 20.0 Å². The van der Waals surface area contributed by atoms with Gasteiger partial charge in [0.1, 0.15) is 6.54 Å². The van der Waals surface area contributed by atoms with E-state index in [1.54, 1.807) is 16.8 Å². The van der Waals surface area contributed by atoms with Crippen molar-refractivity contribution in [1.29, 1.82) is 0 Å². The molecule has 0 spiro atoms. The Kier molecular flexibility index (Phi) is 5.45. The molecule has 0 radical (unpaired) electrons. The molecule has 0 aromatic rings. The zero-order chi connectivity index (χ0) is 15.4. The molecule has 21 heavy (non-hydrogen) atoms. The Morgan fingerprint density at radius 2 is 2.10 bits per heavy atom. The lowest BCUT2D eigenvalue weighted by molar-refractivity contribution is -0.133. The topological polar surface area (TPSA) is 55.9 Å². The van der Waals surface area contributed by atoms with Gasteiger partial charge in [0.25, 0.3) is 0 Å². The summed E-state index contributed by atoms with van der Waals surface area (Å²) in [6.07, 6.45) is 2.36. The molecule has 2 aliphatic rings. The predicted octanol–water partition coefficient (Wildman–Crippen LogP) is 0.590. The molecule has 0 unspecified atom stereocenters. The Labute approximate surface area is 127 Å². The molecule has 0 aromatic carbocycles. The highest BCUT2D eigenvalue weighted by molar-refractivity contribution is 5.85. The summed E-state index contributed by atoms with van der Waals surface area (Å²) < 4.78 is 0. The predicted molar refractivity (Wildman–Crippen MR) is 82.0 cm³/mol. The Balaban J connectivity index is 1.77. The molecule has 2 aliphatic heterocycles. The zero-order valence-corrected chi connectivity index (χ0v) is 13.5. The summed E-state index contributed by atoms with van der Waals surface area (Å²) in [5.74, 6) is 0.662. The number of hydrogen-bond acceptors (Lipinski definition) is 3. The number of hydrogen-bond donors (Lipinski definition) is 1. The molecule has 0 aromatic heterocycles. The normalized spacial score (nSPS) is 24.0. The minimum atomic E-state index is -0.104. The summed E-state index contributed by atoms with van der Waals surface area (Å²) in [6.45, 7) is 8.80. The van der Waals surface area contributed by atoms with Crippen LogP contribution in [-0.4, -0.2) is 79.0 Å². The van der Waals surface area contributed by atoms with Crippen molar-refractivity contribution in [2.45, 2.75) is 32.7 Å². The Bertz CT molecular complexity index is 386. The van der Waals surface area contributed by atoms with E-state index in [0.717, 1.165) is 19.5 Å². The Morgan fingerprint density at radius 3 is 2.76 bits per heavy atom. The van der Waals surface area contributed by atoms with Gasteiger partial charge in [-0.15, -0.1) is 0 Å². The molecule has 0 bridgehead atoms. The average Bonchev–Trinajstić information content (AvgIpc) is 2.85. The van der Waals surface area contributed by atoms with Gasteiger partial charge in [-0.05, 0) is 25.3 Å². The summed E-state index contributed by atoms with van der Waals surface area (Å²) in [6, 6.07) is 0.340. The number of urea groups is 1. The summed E-state index contributed by atoms with van der Waals surface area (Å²) in [4.78, 5) is 29.6. The summed E-state index contributed by atoms with van der Waals surface area (Å²) in [5, 5.41) is 3.01. The van der Waals surface area contributed by atoms with Gasteiger partial charge >= 0.3 is 6.03 Å². The van der Waals surface area contributed by atoms with E-state index in [9.17, 15) is 9.59 Å². The number of nitrogens with zero attached hydrogens (tertiary/aromatic N) is 3. The lowest BCUT2D eigenvalue weighted by Crippen LogP contribution is -2.54. The molecule has 0 saturated carbocycles. The third-order valence-corrected chi connectivity index (χ3v) is 4.33. The van der Waals surface area contributed by atoms with Gasteiger partial charge in [0, 0.05) is 39.3 Å². The van der Waals surface area contributed by atoms with E-state index in [4.69, 9.17) is 0 Å². The number of nitrogens with one attached hydrogen (secondary N) is 1. The summed E-state index contributed by atoms with van der Waals surface area (Å²) in [7, 11) is 1.78. The van der Waals surface area contributed by atoms with Crippen molar-refractivity contribution in [2.24, 2.45) is 5.92 Å². The van der Waals surface area contributed by atoms with Gasteiger partial charge in [0.05, 0.1) is 0 Å². The van der Waals surface area contributed by atoms with Crippen LogP contribution < -0.4 is 5.32 Å². The number of piperazine rings is 1. The summed E-state index contributed by atoms with van der Waals surface area (Å²) in [5.41, 5.74) is 0. The van der Waals surface area contributed by atoms with Crippen LogP contribution in [0.1, 0.15) is 26.7 Å². The van der Waals surface area contributed by atoms with Crippen LogP contribution in [0, 0.1) is 5.92 Å². The van der Waals surface area contributed by atoms with Gasteiger partial charge in [-0.3, -0.25) is 9.69 Å². The Hall–Kier alpha value is -1.30. The van der Waals surface area contributed by atoms with Crippen LogP contribution in [-0.2, 0) is 4.79 Å². The van der Waals surface area contributed by atoms with Crippen LogP contribution in [0.15, 0.2) is 0 Å². The van der Waals surface area contributed by atoms with Gasteiger partial charge in [-0.1, -0.05) is 13.8 Å². The first-order chi connectivity index (χ1) is 9.97. The second-order valence-electron chi connectivity index (χ2n) is 6.61. The van der Waals surface area contributed by atoms with Gasteiger partial charge in [-0.2, -0.15) is 0 Å². The molecule has 1 atom stereocenters. The second kappa shape index (κ2) is 7.11. The molecule has 0 aliphatic carbocycles. The molecule has 6 nitrogen and oxygen atoms in total. The highest BCUT2D eigenvalue weighted by Crippen LogP contribution is 2.18. The van der Waals surface area contributed by atoms with E-state index in [2.05, 4.69) is 24.1 Å². The first kappa shape index (κ1) is 16.1. The number of likely N-dealkylation sites (tertiary alicyclic amines) is 1. The van der Waals surface area contributed by atoms with E-state index in [-0.39, 0.29) is 18.5 Å². The van der Waals surface area contributed by atoms with E-state index in [1.165, 1.54) is 6.42 Å². The monoisotopic (exact) mass is 296 g/mol. The highest BCUT2D eigenvalue weighted by atomic mass is 16.2. The fraction of sp³-hybridized carbons (Fsp3) is 0.867. The highest BCUT2D eigenvalue weighted by Gasteiger charge is 2.28. The van der Waals surface area contributed by atoms with Crippen molar-refractivity contribution >= 4 is 11.9 Å². The maximum absolute atomic E-state index is 12.2. The Morgan fingerprint density at radius 1 is 1.33 bits per heavy atom. The minimum Gasteiger partial charge on any atom is -0.342 e. The van der Waals surface area contributed by atoms with E-state index in [1.807, 2.05) is 0 Å². The lowest BCUT2D eigenvalue weighted by Gasteiger charge is -2.33. The molecular formula is C15H28N4O2. The smallest absolute Gasteiger partial charge is 0.317 e. The van der Waals surface area contributed by atoms with Crippen LogP contribution >= 0.6 is 0 Å². The van der Waals surface area contributed by atoms with Crippen LogP contribution in [0.25, 0.3) is 0 Å². The van der Waals surface area contributed by atoms with E-state index in [0.29, 0.717) is 31.6 Å². The van der Waals surface area contributed by atoms with Crippen LogP contribution in [0.4, 0.5) is 4.79 Å². The average molecular weight is 296 g/mol. The largest absolute Gasteiger partial charge is 0.342 e. The third kappa shape index (κ3) is 4.33. The maximum atomic E-state index is 12.2. The molecule has 3 amide bonds. The van der Waals surface area contributed by atoms with E-state index >= 15 is 0 Å². The first-order valence-electron chi connectivity index (χ1n) is 7.98. The van der Waals surface area contributed by atoms with Crippen LogP contribution in [0.5, 0.6) is 0 Å². The molecule has 2 fully saturated rings. The molecule has 2 saturated heterocycles. The number of carbonyl (C=O) groups excluding carboxylic acids is 2. The van der Waals surface area contributed by atoms with Gasteiger partial charge in [0.2, 0.25) is 5.91 Å². The number of amides is 3. The standard InChI is InChI=1S/C15H28N4O2/c1-12(2)10-18-6-4-5-13(18)9-16-15(21)19-8-7-17(3)14(20)11-19/h12-13H,4-11H2,1-3H3,(H,16,21)/t13-/m1/s1. The zero-order valence-electron chi connectivity index (χ0n) is 13.5. The second-order valence-corrected chi connectivity index (χ2v) is 6.61. The van der Waals surface area contributed by atoms with Gasteiger partial charge in [0.15, 0.2) is 0 Å². The quantitative estimate of drug-likeness (QED) is 0.826. The molecule has 6 heteroatoms. The van der Waals surface area contributed by atoms with Gasteiger partial charge < -0.3 is 15.1 Å². The number of rotatable bonds is 4. The molecular weight excluding hydrogens is 268 g/mol. The SMILES string of the molecule is CC(C)CN1CCC[C@@H]1CNC(=O)N1CCN(C)C(=O)C1. The molecule has 2 heterocycles.